The van der Waals surface area contributed by atoms with Crippen molar-refractivity contribution in [2.45, 2.75) is 20.5 Å². The minimum atomic E-state index is -1.04. The lowest BCUT2D eigenvalue weighted by molar-refractivity contribution is -0.140. The fraction of sp³-hybridized carbons (Fsp3) is 0.208. The lowest BCUT2D eigenvalue weighted by atomic mass is 10.1. The highest BCUT2D eigenvalue weighted by Gasteiger charge is 2.27. The van der Waals surface area contributed by atoms with Crippen molar-refractivity contribution in [2.24, 2.45) is 0 Å². The Morgan fingerprint density at radius 1 is 1.03 bits per heavy atom. The summed E-state index contributed by atoms with van der Waals surface area (Å²) in [6.45, 7) is 3.03. The number of aryl methyl sites for hydroxylation is 1. The molecule has 0 aliphatic carbocycles. The van der Waals surface area contributed by atoms with Crippen LogP contribution in [0.4, 0.5) is 0 Å². The number of hydrogen-bond acceptors (Lipinski definition) is 9. The summed E-state index contributed by atoms with van der Waals surface area (Å²) in [4.78, 5) is 29.5. The Morgan fingerprint density at radius 3 is 2.50 bits per heavy atom. The Bertz CT molecular complexity index is 1340. The van der Waals surface area contributed by atoms with Crippen molar-refractivity contribution >= 4 is 11.8 Å². The van der Waals surface area contributed by atoms with Crippen molar-refractivity contribution in [3.63, 3.8) is 0 Å². The summed E-state index contributed by atoms with van der Waals surface area (Å²) < 4.78 is 22.4. The Labute approximate surface area is 195 Å². The third kappa shape index (κ3) is 4.38. The van der Waals surface area contributed by atoms with Crippen molar-refractivity contribution in [3.8, 4) is 28.6 Å². The van der Waals surface area contributed by atoms with Crippen molar-refractivity contribution in [3.05, 3.63) is 71.4 Å². The van der Waals surface area contributed by atoms with E-state index in [1.54, 1.807) is 43.8 Å². The molecule has 10 nitrogen and oxygen atoms in total. The molecule has 2 aromatic carbocycles. The van der Waals surface area contributed by atoms with Gasteiger partial charge in [-0.1, -0.05) is 23.4 Å². The highest BCUT2D eigenvalue weighted by atomic mass is 16.6. The molecular formula is C24H22N4O6. The first-order valence-electron chi connectivity index (χ1n) is 10.3. The lowest BCUT2D eigenvalue weighted by Crippen LogP contribution is -2.19. The number of para-hydroxylation sites is 1. The summed E-state index contributed by atoms with van der Waals surface area (Å²) in [5.41, 5.74) is 2.51. The van der Waals surface area contributed by atoms with E-state index in [0.29, 0.717) is 28.5 Å². The van der Waals surface area contributed by atoms with E-state index in [4.69, 9.17) is 18.7 Å². The highest BCUT2D eigenvalue weighted by Crippen LogP contribution is 2.31. The second-order valence-electron chi connectivity index (χ2n) is 7.28. The zero-order chi connectivity index (χ0) is 24.2. The normalized spacial score (nSPS) is 10.7. The number of methoxy groups -OCH3 is 2. The monoisotopic (exact) mass is 462 g/mol. The molecule has 0 fully saturated rings. The average molecular weight is 462 g/mol. The standard InChI is InChI=1S/C24H22N4O6/c1-14-21(15(2)28(26-14)16-8-6-5-7-9-16)22(29)24(30)33-13-20-25-23(27-34-20)18-11-10-17(31-3)12-19(18)32-4/h5-12H,13H2,1-4H3. The largest absolute Gasteiger partial charge is 0.497 e. The van der Waals surface area contributed by atoms with E-state index >= 15 is 0 Å². The van der Waals surface area contributed by atoms with Gasteiger partial charge >= 0.3 is 5.97 Å². The van der Waals surface area contributed by atoms with Crippen molar-refractivity contribution in [2.75, 3.05) is 14.2 Å². The molecule has 4 rings (SSSR count). The number of carbonyl (C=O) groups excluding carboxylic acids is 2. The van der Waals surface area contributed by atoms with Gasteiger partial charge in [-0.05, 0) is 38.1 Å². The molecule has 0 aliphatic rings. The van der Waals surface area contributed by atoms with Crippen LogP contribution in [-0.2, 0) is 16.1 Å². The van der Waals surface area contributed by atoms with Gasteiger partial charge in [0.1, 0.15) is 11.5 Å². The topological polar surface area (TPSA) is 119 Å². The quantitative estimate of drug-likeness (QED) is 0.220. The maximum atomic E-state index is 12.8. The van der Waals surface area contributed by atoms with E-state index in [2.05, 4.69) is 15.2 Å². The molecule has 0 amide bonds. The molecular weight excluding hydrogens is 440 g/mol. The third-order valence-electron chi connectivity index (χ3n) is 5.15. The Morgan fingerprint density at radius 2 is 1.79 bits per heavy atom. The molecule has 0 atom stereocenters. The minimum Gasteiger partial charge on any atom is -0.497 e. The number of ketones is 1. The average Bonchev–Trinajstić information content (AvgIpc) is 3.45. The number of esters is 1. The van der Waals surface area contributed by atoms with Gasteiger partial charge in [0.2, 0.25) is 5.82 Å². The van der Waals surface area contributed by atoms with E-state index in [-0.39, 0.29) is 23.9 Å². The molecule has 0 spiro atoms. The van der Waals surface area contributed by atoms with Gasteiger partial charge < -0.3 is 18.7 Å². The number of benzene rings is 2. The predicted octanol–water partition coefficient (Wildman–Crippen LogP) is 3.48. The first-order chi connectivity index (χ1) is 16.4. The van der Waals surface area contributed by atoms with E-state index in [9.17, 15) is 9.59 Å². The summed E-state index contributed by atoms with van der Waals surface area (Å²) in [6.07, 6.45) is 0. The second-order valence-corrected chi connectivity index (χ2v) is 7.28. The van der Waals surface area contributed by atoms with Crippen LogP contribution in [0.2, 0.25) is 0 Å². The van der Waals surface area contributed by atoms with Crippen molar-refractivity contribution < 1.29 is 28.3 Å². The summed E-state index contributed by atoms with van der Waals surface area (Å²) in [7, 11) is 3.06. The van der Waals surface area contributed by atoms with Crippen LogP contribution in [0.15, 0.2) is 53.1 Å². The molecule has 0 saturated heterocycles. The molecule has 0 saturated carbocycles. The highest BCUT2D eigenvalue weighted by molar-refractivity contribution is 6.41. The Kier molecular flexibility index (Phi) is 6.39. The maximum Gasteiger partial charge on any atom is 0.380 e. The molecule has 0 aliphatic heterocycles. The molecule has 10 heteroatoms. The van der Waals surface area contributed by atoms with Crippen LogP contribution in [-0.4, -0.2) is 45.9 Å². The lowest BCUT2D eigenvalue weighted by Gasteiger charge is -2.07. The van der Waals surface area contributed by atoms with Gasteiger partial charge in [0.25, 0.3) is 11.7 Å². The molecule has 4 aromatic rings. The van der Waals surface area contributed by atoms with Crippen LogP contribution in [0.25, 0.3) is 17.1 Å². The van der Waals surface area contributed by atoms with Crippen LogP contribution in [0.3, 0.4) is 0 Å². The van der Waals surface area contributed by atoms with Crippen LogP contribution in [0.1, 0.15) is 27.6 Å². The van der Waals surface area contributed by atoms with E-state index in [1.165, 1.54) is 7.11 Å². The predicted molar refractivity (Wildman–Crippen MR) is 120 cm³/mol. The first-order valence-corrected chi connectivity index (χ1v) is 10.3. The summed E-state index contributed by atoms with van der Waals surface area (Å²) >= 11 is 0. The van der Waals surface area contributed by atoms with Gasteiger partial charge in [0.05, 0.1) is 42.4 Å². The molecule has 2 heterocycles. The number of carbonyl (C=O) groups is 2. The van der Waals surface area contributed by atoms with Gasteiger partial charge in [0.15, 0.2) is 6.61 Å². The Hall–Kier alpha value is -4.47. The number of nitrogens with zero attached hydrogens (tertiary/aromatic N) is 4. The number of rotatable bonds is 8. The van der Waals surface area contributed by atoms with Crippen LogP contribution >= 0.6 is 0 Å². The molecule has 0 unspecified atom stereocenters. The van der Waals surface area contributed by atoms with Gasteiger partial charge in [-0.15, -0.1) is 0 Å². The molecule has 2 aromatic heterocycles. The molecule has 0 N–H and O–H groups in total. The smallest absolute Gasteiger partial charge is 0.380 e. The Balaban J connectivity index is 1.47. The number of ether oxygens (including phenoxy) is 3. The van der Waals surface area contributed by atoms with Gasteiger partial charge in [-0.3, -0.25) is 4.79 Å². The van der Waals surface area contributed by atoms with E-state index in [1.807, 2.05) is 30.3 Å². The zero-order valence-corrected chi connectivity index (χ0v) is 19.1. The van der Waals surface area contributed by atoms with Crippen molar-refractivity contribution in [1.82, 2.24) is 19.9 Å². The minimum absolute atomic E-state index is 0.0300. The number of Topliss-reactive ketones (excluding diaryl/α,β-unsaturated/α-hetero) is 1. The first kappa shape index (κ1) is 22.7. The molecule has 34 heavy (non-hydrogen) atoms. The van der Waals surface area contributed by atoms with E-state index in [0.717, 1.165) is 5.69 Å². The molecule has 0 radical (unpaired) electrons. The van der Waals surface area contributed by atoms with Gasteiger partial charge in [-0.25, -0.2) is 9.48 Å². The second kappa shape index (κ2) is 9.57. The number of hydrogen-bond donors (Lipinski definition) is 0. The van der Waals surface area contributed by atoms with Crippen molar-refractivity contribution in [1.29, 1.82) is 0 Å². The molecule has 0 bridgehead atoms. The summed E-state index contributed by atoms with van der Waals surface area (Å²) in [5.74, 6) is -0.470. The van der Waals surface area contributed by atoms with Crippen LogP contribution < -0.4 is 9.47 Å². The van der Waals surface area contributed by atoms with Gasteiger partial charge in [0, 0.05) is 6.07 Å². The zero-order valence-electron chi connectivity index (χ0n) is 19.1. The summed E-state index contributed by atoms with van der Waals surface area (Å²) in [6, 6.07) is 14.5. The fourth-order valence-corrected chi connectivity index (χ4v) is 3.49. The molecule has 174 valence electrons. The number of aromatic nitrogens is 4. The summed E-state index contributed by atoms with van der Waals surface area (Å²) in [5, 5.41) is 8.29. The van der Waals surface area contributed by atoms with Gasteiger partial charge in [-0.2, -0.15) is 10.1 Å². The maximum absolute atomic E-state index is 12.8. The van der Waals surface area contributed by atoms with Crippen LogP contribution in [0, 0.1) is 13.8 Å². The SMILES string of the molecule is COc1ccc(-c2noc(COC(=O)C(=O)c3c(C)nn(-c4ccccc4)c3C)n2)c(OC)c1. The third-order valence-corrected chi connectivity index (χ3v) is 5.15. The fourth-order valence-electron chi connectivity index (χ4n) is 3.49. The van der Waals surface area contributed by atoms with E-state index < -0.39 is 11.8 Å². The van der Waals surface area contributed by atoms with Crippen LogP contribution in [0.5, 0.6) is 11.5 Å².